The molecule has 0 aliphatic rings. The standard InChI is InChI=1S/C9H11N5O2/c10-7-5-12-14(6-7)3-2-11-9(15)8-1-4-16-13-8/h1,4-6H,2-3,10H2,(H,11,15). The molecule has 0 radical (unpaired) electrons. The Kier molecular flexibility index (Phi) is 2.86. The van der Waals surface area contributed by atoms with E-state index in [2.05, 4.69) is 20.1 Å². The number of carbonyl (C=O) groups is 1. The van der Waals surface area contributed by atoms with E-state index in [1.54, 1.807) is 17.1 Å². The third kappa shape index (κ3) is 2.38. The number of amides is 1. The minimum absolute atomic E-state index is 0.264. The van der Waals surface area contributed by atoms with Crippen molar-refractivity contribution in [1.29, 1.82) is 0 Å². The van der Waals surface area contributed by atoms with Crippen LogP contribution in [-0.2, 0) is 6.54 Å². The van der Waals surface area contributed by atoms with Gasteiger partial charge in [-0.25, -0.2) is 0 Å². The Balaban J connectivity index is 1.78. The Morgan fingerprint density at radius 1 is 1.62 bits per heavy atom. The molecular weight excluding hydrogens is 210 g/mol. The number of anilines is 1. The molecule has 2 heterocycles. The number of nitrogens with zero attached hydrogens (tertiary/aromatic N) is 3. The van der Waals surface area contributed by atoms with Crippen molar-refractivity contribution in [2.75, 3.05) is 12.3 Å². The van der Waals surface area contributed by atoms with Gasteiger partial charge in [0.05, 0.1) is 18.4 Å². The summed E-state index contributed by atoms with van der Waals surface area (Å²) in [6.07, 6.45) is 4.60. The summed E-state index contributed by atoms with van der Waals surface area (Å²) in [7, 11) is 0. The Bertz CT molecular complexity index is 462. The van der Waals surface area contributed by atoms with Crippen LogP contribution in [0.2, 0.25) is 0 Å². The summed E-state index contributed by atoms with van der Waals surface area (Å²) in [5.74, 6) is -0.270. The third-order valence-corrected chi connectivity index (χ3v) is 1.95. The van der Waals surface area contributed by atoms with Crippen molar-refractivity contribution >= 4 is 11.6 Å². The maximum absolute atomic E-state index is 11.4. The average Bonchev–Trinajstić information content (AvgIpc) is 2.89. The molecule has 0 saturated carbocycles. The van der Waals surface area contributed by atoms with Crippen LogP contribution in [0.1, 0.15) is 10.5 Å². The van der Waals surface area contributed by atoms with E-state index in [0.717, 1.165) is 0 Å². The molecule has 0 aliphatic heterocycles. The van der Waals surface area contributed by atoms with E-state index in [4.69, 9.17) is 5.73 Å². The highest BCUT2D eigenvalue weighted by Crippen LogP contribution is 1.97. The first kappa shape index (κ1) is 10.2. The van der Waals surface area contributed by atoms with Crippen LogP contribution in [-0.4, -0.2) is 27.4 Å². The lowest BCUT2D eigenvalue weighted by Gasteiger charge is -2.02. The van der Waals surface area contributed by atoms with Crippen LogP contribution >= 0.6 is 0 Å². The number of nitrogen functional groups attached to an aromatic ring is 1. The minimum Gasteiger partial charge on any atom is -0.396 e. The number of rotatable bonds is 4. The van der Waals surface area contributed by atoms with E-state index in [9.17, 15) is 4.79 Å². The van der Waals surface area contributed by atoms with Crippen LogP contribution in [0, 0.1) is 0 Å². The first-order valence-corrected chi connectivity index (χ1v) is 4.72. The second-order valence-corrected chi connectivity index (χ2v) is 3.18. The van der Waals surface area contributed by atoms with Crippen molar-refractivity contribution < 1.29 is 9.32 Å². The summed E-state index contributed by atoms with van der Waals surface area (Å²) in [5.41, 5.74) is 6.36. The maximum atomic E-state index is 11.4. The fourth-order valence-corrected chi connectivity index (χ4v) is 1.21. The van der Waals surface area contributed by atoms with E-state index in [0.29, 0.717) is 18.8 Å². The van der Waals surface area contributed by atoms with E-state index >= 15 is 0 Å². The quantitative estimate of drug-likeness (QED) is 0.750. The molecule has 0 aliphatic carbocycles. The lowest BCUT2D eigenvalue weighted by molar-refractivity contribution is 0.0943. The predicted octanol–water partition coefficient (Wildman–Crippen LogP) is -0.117. The molecule has 16 heavy (non-hydrogen) atoms. The van der Waals surface area contributed by atoms with Gasteiger partial charge in [-0.15, -0.1) is 0 Å². The van der Waals surface area contributed by atoms with Crippen molar-refractivity contribution in [3.8, 4) is 0 Å². The number of hydrogen-bond donors (Lipinski definition) is 2. The Labute approximate surface area is 91.2 Å². The molecule has 0 bridgehead atoms. The number of carbonyl (C=O) groups excluding carboxylic acids is 1. The maximum Gasteiger partial charge on any atom is 0.273 e. The summed E-state index contributed by atoms with van der Waals surface area (Å²) in [6, 6.07) is 1.50. The van der Waals surface area contributed by atoms with Crippen molar-refractivity contribution in [3.63, 3.8) is 0 Å². The minimum atomic E-state index is -0.270. The molecule has 0 spiro atoms. The molecule has 2 aromatic rings. The number of nitrogens with one attached hydrogen (secondary N) is 1. The Morgan fingerprint density at radius 3 is 3.12 bits per heavy atom. The van der Waals surface area contributed by atoms with Gasteiger partial charge in [-0.2, -0.15) is 5.10 Å². The monoisotopic (exact) mass is 221 g/mol. The van der Waals surface area contributed by atoms with Gasteiger partial charge < -0.3 is 15.6 Å². The number of hydrogen-bond acceptors (Lipinski definition) is 5. The molecule has 84 valence electrons. The van der Waals surface area contributed by atoms with E-state index in [1.165, 1.54) is 12.3 Å². The van der Waals surface area contributed by atoms with Crippen molar-refractivity contribution in [3.05, 3.63) is 30.4 Å². The summed E-state index contributed by atoms with van der Waals surface area (Å²) in [5, 5.41) is 10.2. The Hall–Kier alpha value is -2.31. The van der Waals surface area contributed by atoms with E-state index < -0.39 is 0 Å². The molecule has 0 saturated heterocycles. The second kappa shape index (κ2) is 4.47. The van der Waals surface area contributed by atoms with Gasteiger partial charge in [0, 0.05) is 18.8 Å². The van der Waals surface area contributed by atoms with E-state index in [-0.39, 0.29) is 11.6 Å². The van der Waals surface area contributed by atoms with Crippen LogP contribution in [0.5, 0.6) is 0 Å². The van der Waals surface area contributed by atoms with Crippen LogP contribution in [0.3, 0.4) is 0 Å². The van der Waals surface area contributed by atoms with Gasteiger partial charge in [-0.1, -0.05) is 5.16 Å². The molecule has 0 atom stereocenters. The molecule has 3 N–H and O–H groups in total. The highest BCUT2D eigenvalue weighted by atomic mass is 16.5. The third-order valence-electron chi connectivity index (χ3n) is 1.95. The van der Waals surface area contributed by atoms with Gasteiger partial charge >= 0.3 is 0 Å². The largest absolute Gasteiger partial charge is 0.396 e. The van der Waals surface area contributed by atoms with Crippen LogP contribution in [0.25, 0.3) is 0 Å². The highest BCUT2D eigenvalue weighted by Gasteiger charge is 2.07. The van der Waals surface area contributed by atoms with Crippen molar-refractivity contribution in [2.45, 2.75) is 6.54 Å². The molecule has 0 unspecified atom stereocenters. The molecule has 2 rings (SSSR count). The molecule has 2 aromatic heterocycles. The average molecular weight is 221 g/mol. The van der Waals surface area contributed by atoms with Gasteiger partial charge in [0.2, 0.25) is 0 Å². The van der Waals surface area contributed by atoms with Crippen molar-refractivity contribution in [2.24, 2.45) is 0 Å². The summed E-state index contributed by atoms with van der Waals surface area (Å²) >= 11 is 0. The number of aromatic nitrogens is 3. The fourth-order valence-electron chi connectivity index (χ4n) is 1.21. The summed E-state index contributed by atoms with van der Waals surface area (Å²) in [6.45, 7) is 1.01. The zero-order valence-electron chi connectivity index (χ0n) is 8.46. The molecular formula is C9H11N5O2. The van der Waals surface area contributed by atoms with Crippen LogP contribution in [0.4, 0.5) is 5.69 Å². The van der Waals surface area contributed by atoms with Gasteiger partial charge in [-0.05, 0) is 0 Å². The van der Waals surface area contributed by atoms with Gasteiger partial charge in [-0.3, -0.25) is 9.48 Å². The molecule has 7 nitrogen and oxygen atoms in total. The predicted molar refractivity (Wildman–Crippen MR) is 55.5 cm³/mol. The zero-order valence-corrected chi connectivity index (χ0v) is 8.46. The Morgan fingerprint density at radius 2 is 2.50 bits per heavy atom. The molecule has 7 heteroatoms. The van der Waals surface area contributed by atoms with Gasteiger partial charge in [0.25, 0.3) is 5.91 Å². The highest BCUT2D eigenvalue weighted by molar-refractivity contribution is 5.91. The zero-order chi connectivity index (χ0) is 11.4. The topological polar surface area (TPSA) is 99.0 Å². The van der Waals surface area contributed by atoms with Crippen LogP contribution < -0.4 is 11.1 Å². The summed E-state index contributed by atoms with van der Waals surface area (Å²) < 4.78 is 6.21. The van der Waals surface area contributed by atoms with Gasteiger partial charge in [0.15, 0.2) is 5.69 Å². The van der Waals surface area contributed by atoms with Crippen molar-refractivity contribution in [1.82, 2.24) is 20.3 Å². The fraction of sp³-hybridized carbons (Fsp3) is 0.222. The van der Waals surface area contributed by atoms with Crippen LogP contribution in [0.15, 0.2) is 29.2 Å². The number of nitrogens with two attached hydrogens (primary N) is 1. The van der Waals surface area contributed by atoms with Gasteiger partial charge in [0.1, 0.15) is 6.26 Å². The molecule has 0 aromatic carbocycles. The molecule has 0 fully saturated rings. The molecule has 1 amide bonds. The summed E-state index contributed by atoms with van der Waals surface area (Å²) in [4.78, 5) is 11.4. The first-order valence-electron chi connectivity index (χ1n) is 4.72. The SMILES string of the molecule is Nc1cnn(CCNC(=O)c2ccon2)c1. The van der Waals surface area contributed by atoms with E-state index in [1.807, 2.05) is 0 Å². The second-order valence-electron chi connectivity index (χ2n) is 3.18. The lowest BCUT2D eigenvalue weighted by Crippen LogP contribution is -2.27. The smallest absolute Gasteiger partial charge is 0.273 e. The lowest BCUT2D eigenvalue weighted by atomic mass is 10.4. The normalized spacial score (nSPS) is 10.2. The first-order chi connectivity index (χ1) is 7.75.